The number of carbonyl (C=O) groups is 1. The molecule has 1 unspecified atom stereocenters. The summed E-state index contributed by atoms with van der Waals surface area (Å²) in [5.74, 6) is 1.38. The van der Waals surface area contributed by atoms with Crippen molar-refractivity contribution in [2.75, 3.05) is 19.6 Å². The van der Waals surface area contributed by atoms with Gasteiger partial charge in [-0.2, -0.15) is 0 Å². The van der Waals surface area contributed by atoms with E-state index < -0.39 is 0 Å². The lowest BCUT2D eigenvalue weighted by molar-refractivity contribution is -0.135. The third kappa shape index (κ3) is 0.891. The van der Waals surface area contributed by atoms with Gasteiger partial charge in [-0.05, 0) is 25.3 Å². The van der Waals surface area contributed by atoms with Crippen LogP contribution in [0.3, 0.4) is 0 Å². The number of hydrogen-bond donors (Lipinski definition) is 2. The number of carbonyl (C=O) groups excluding carboxylic acids is 1. The molecular formula is C9H16N2O. The Hall–Kier alpha value is -0.570. The van der Waals surface area contributed by atoms with Crippen molar-refractivity contribution in [2.45, 2.75) is 13.8 Å². The zero-order chi connectivity index (χ0) is 8.77. The van der Waals surface area contributed by atoms with Crippen LogP contribution in [-0.4, -0.2) is 25.5 Å². The van der Waals surface area contributed by atoms with Crippen molar-refractivity contribution < 1.29 is 4.79 Å². The number of rotatable bonds is 0. The molecule has 3 nitrogen and oxygen atoms in total. The van der Waals surface area contributed by atoms with Gasteiger partial charge in [0.25, 0.3) is 0 Å². The second-order valence-electron chi connectivity index (χ2n) is 4.34. The Labute approximate surface area is 72.9 Å². The summed E-state index contributed by atoms with van der Waals surface area (Å²) in [7, 11) is 0. The molecule has 0 spiro atoms. The van der Waals surface area contributed by atoms with Gasteiger partial charge in [0.2, 0.25) is 5.91 Å². The lowest BCUT2D eigenvalue weighted by Gasteiger charge is -2.38. The summed E-state index contributed by atoms with van der Waals surface area (Å²) in [6.07, 6.45) is 0. The van der Waals surface area contributed by atoms with Crippen molar-refractivity contribution >= 4 is 5.91 Å². The number of nitrogens with one attached hydrogen (secondary N) is 2. The largest absolute Gasteiger partial charge is 0.355 e. The normalized spacial score (nSPS) is 47.0. The summed E-state index contributed by atoms with van der Waals surface area (Å²) < 4.78 is 0. The molecule has 2 heterocycles. The minimum absolute atomic E-state index is 0.141. The SMILES string of the molecule is CC1CNC(=O)[C@]2(C)CNC[C@@H]12. The van der Waals surface area contributed by atoms with Gasteiger partial charge >= 0.3 is 0 Å². The molecule has 2 rings (SSSR count). The first-order chi connectivity index (χ1) is 5.64. The maximum Gasteiger partial charge on any atom is 0.227 e. The molecule has 0 aliphatic carbocycles. The van der Waals surface area contributed by atoms with Gasteiger partial charge < -0.3 is 10.6 Å². The Kier molecular flexibility index (Phi) is 1.65. The molecule has 12 heavy (non-hydrogen) atoms. The second-order valence-corrected chi connectivity index (χ2v) is 4.34. The third-order valence-electron chi connectivity index (χ3n) is 3.47. The summed E-state index contributed by atoms with van der Waals surface area (Å²) in [6, 6.07) is 0. The maximum absolute atomic E-state index is 11.6. The highest BCUT2D eigenvalue weighted by Gasteiger charge is 2.49. The summed E-state index contributed by atoms with van der Waals surface area (Å²) in [5, 5.41) is 6.27. The van der Waals surface area contributed by atoms with Crippen molar-refractivity contribution in [3.63, 3.8) is 0 Å². The first-order valence-electron chi connectivity index (χ1n) is 4.63. The monoisotopic (exact) mass is 168 g/mol. The molecule has 3 atom stereocenters. The van der Waals surface area contributed by atoms with E-state index in [4.69, 9.17) is 0 Å². The predicted molar refractivity (Wildman–Crippen MR) is 46.6 cm³/mol. The second kappa shape index (κ2) is 2.46. The topological polar surface area (TPSA) is 41.1 Å². The average molecular weight is 168 g/mol. The van der Waals surface area contributed by atoms with Crippen LogP contribution in [0.15, 0.2) is 0 Å². The van der Waals surface area contributed by atoms with E-state index in [9.17, 15) is 4.79 Å². The molecule has 0 aromatic rings. The zero-order valence-corrected chi connectivity index (χ0v) is 7.68. The molecule has 0 saturated carbocycles. The van der Waals surface area contributed by atoms with E-state index in [0.717, 1.165) is 19.6 Å². The fourth-order valence-corrected chi connectivity index (χ4v) is 2.52. The summed E-state index contributed by atoms with van der Waals surface area (Å²) in [5.41, 5.74) is -0.141. The highest BCUT2D eigenvalue weighted by molar-refractivity contribution is 5.84. The standard InChI is InChI=1S/C9H16N2O/c1-6-3-11-8(12)9(2)5-10-4-7(6)9/h6-7,10H,3-5H2,1-2H3,(H,11,12)/t6?,7-,9+/m0/s1. The lowest BCUT2D eigenvalue weighted by atomic mass is 9.70. The van der Waals surface area contributed by atoms with Crippen LogP contribution in [0.2, 0.25) is 0 Å². The van der Waals surface area contributed by atoms with Crippen molar-refractivity contribution in [1.82, 2.24) is 10.6 Å². The van der Waals surface area contributed by atoms with Crippen LogP contribution >= 0.6 is 0 Å². The molecule has 0 bridgehead atoms. The van der Waals surface area contributed by atoms with E-state index in [1.54, 1.807) is 0 Å². The Morgan fingerprint density at radius 1 is 1.50 bits per heavy atom. The van der Waals surface area contributed by atoms with Gasteiger partial charge in [0, 0.05) is 13.1 Å². The smallest absolute Gasteiger partial charge is 0.227 e. The molecule has 2 fully saturated rings. The van der Waals surface area contributed by atoms with Gasteiger partial charge in [-0.1, -0.05) is 6.92 Å². The van der Waals surface area contributed by atoms with Gasteiger partial charge in [0.1, 0.15) is 0 Å². The van der Waals surface area contributed by atoms with Crippen LogP contribution in [0.25, 0.3) is 0 Å². The molecule has 2 aliphatic heterocycles. The quantitative estimate of drug-likeness (QED) is 0.533. The van der Waals surface area contributed by atoms with Gasteiger partial charge in [0.15, 0.2) is 0 Å². The number of piperidine rings is 1. The molecule has 2 N–H and O–H groups in total. The first kappa shape index (κ1) is 8.05. The predicted octanol–water partition coefficient (Wildman–Crippen LogP) is -0.0220. The minimum Gasteiger partial charge on any atom is -0.355 e. The van der Waals surface area contributed by atoms with Crippen molar-refractivity contribution in [3.8, 4) is 0 Å². The molecule has 0 radical (unpaired) electrons. The van der Waals surface area contributed by atoms with E-state index in [0.29, 0.717) is 11.8 Å². The first-order valence-corrected chi connectivity index (χ1v) is 4.63. The molecule has 3 heteroatoms. The van der Waals surface area contributed by atoms with Crippen LogP contribution in [-0.2, 0) is 4.79 Å². The van der Waals surface area contributed by atoms with Crippen LogP contribution < -0.4 is 10.6 Å². The van der Waals surface area contributed by atoms with Crippen LogP contribution in [0, 0.1) is 17.3 Å². The van der Waals surface area contributed by atoms with Crippen LogP contribution in [0.5, 0.6) is 0 Å². The van der Waals surface area contributed by atoms with E-state index in [2.05, 4.69) is 24.5 Å². The fourth-order valence-electron chi connectivity index (χ4n) is 2.52. The average Bonchev–Trinajstić information content (AvgIpc) is 2.42. The highest BCUT2D eigenvalue weighted by atomic mass is 16.2. The van der Waals surface area contributed by atoms with Crippen molar-refractivity contribution in [3.05, 3.63) is 0 Å². The number of amides is 1. The Morgan fingerprint density at radius 3 is 2.92 bits per heavy atom. The molecule has 68 valence electrons. The fraction of sp³-hybridized carbons (Fsp3) is 0.889. The number of hydrogen-bond acceptors (Lipinski definition) is 2. The van der Waals surface area contributed by atoms with E-state index >= 15 is 0 Å². The summed E-state index contributed by atoms with van der Waals surface area (Å²) in [4.78, 5) is 11.6. The third-order valence-corrected chi connectivity index (χ3v) is 3.47. The molecule has 2 aliphatic rings. The zero-order valence-electron chi connectivity index (χ0n) is 7.68. The maximum atomic E-state index is 11.6. The van der Waals surface area contributed by atoms with Crippen molar-refractivity contribution in [1.29, 1.82) is 0 Å². The highest BCUT2D eigenvalue weighted by Crippen LogP contribution is 2.38. The molecular weight excluding hydrogens is 152 g/mol. The summed E-state index contributed by atoms with van der Waals surface area (Å²) >= 11 is 0. The Balaban J connectivity index is 2.27. The molecule has 1 amide bonds. The number of fused-ring (bicyclic) bond motifs is 1. The van der Waals surface area contributed by atoms with Gasteiger partial charge in [-0.15, -0.1) is 0 Å². The molecule has 0 aromatic carbocycles. The molecule has 0 aromatic heterocycles. The van der Waals surface area contributed by atoms with Crippen LogP contribution in [0.1, 0.15) is 13.8 Å². The van der Waals surface area contributed by atoms with E-state index in [1.807, 2.05) is 0 Å². The lowest BCUT2D eigenvalue weighted by Crippen LogP contribution is -2.53. The van der Waals surface area contributed by atoms with Gasteiger partial charge in [-0.25, -0.2) is 0 Å². The minimum atomic E-state index is -0.141. The Bertz CT molecular complexity index is 217. The van der Waals surface area contributed by atoms with Gasteiger partial charge in [-0.3, -0.25) is 4.79 Å². The Morgan fingerprint density at radius 2 is 2.25 bits per heavy atom. The molecule has 2 saturated heterocycles. The van der Waals surface area contributed by atoms with E-state index in [-0.39, 0.29) is 11.3 Å². The van der Waals surface area contributed by atoms with Gasteiger partial charge in [0.05, 0.1) is 5.41 Å². The van der Waals surface area contributed by atoms with Crippen molar-refractivity contribution in [2.24, 2.45) is 17.3 Å². The van der Waals surface area contributed by atoms with E-state index in [1.165, 1.54) is 0 Å². The van der Waals surface area contributed by atoms with Crippen LogP contribution in [0.4, 0.5) is 0 Å². The summed E-state index contributed by atoms with van der Waals surface area (Å²) in [6.45, 7) is 6.98.